The fourth-order valence-corrected chi connectivity index (χ4v) is 4.32. The first kappa shape index (κ1) is 30.8. The topological polar surface area (TPSA) is 43.2 Å². The number of anilines is 4. The summed E-state index contributed by atoms with van der Waals surface area (Å²) in [6.45, 7) is 12.6. The number of hydrogen-bond acceptors (Lipinski definition) is 7. The molecule has 3 heterocycles. The average Bonchev–Trinajstić information content (AvgIpc) is 3.75. The van der Waals surface area contributed by atoms with Gasteiger partial charge in [0.1, 0.15) is 0 Å². The monoisotopic (exact) mass is 732 g/mol. The van der Waals surface area contributed by atoms with Crippen LogP contribution >= 0.6 is 0 Å². The van der Waals surface area contributed by atoms with E-state index < -0.39 is 0 Å². The SMILES string of the molecule is CC(C)(C)c1cc[c-]c(N2C=CN(c3[c-]cccc3)[CH-]2)c1.CN1C=CN(c2[c-]c(N3C=CN(C)[CH-]3)cc(C#N)c2)[CH-]1.[Ir]. The van der Waals surface area contributed by atoms with Crippen LogP contribution < -0.4 is 19.6 Å². The van der Waals surface area contributed by atoms with Gasteiger partial charge in [-0.3, -0.25) is 0 Å². The van der Waals surface area contributed by atoms with Gasteiger partial charge in [0.05, 0.1) is 6.07 Å². The Labute approximate surface area is 264 Å². The predicted octanol–water partition coefficient (Wildman–Crippen LogP) is 6.54. The van der Waals surface area contributed by atoms with Crippen LogP contribution in [0.15, 0.2) is 91.8 Å². The molecule has 3 aromatic rings. The van der Waals surface area contributed by atoms with Crippen LogP contribution in [0.25, 0.3) is 0 Å². The maximum atomic E-state index is 9.20. The van der Waals surface area contributed by atoms with E-state index in [0.717, 1.165) is 22.7 Å². The Morgan fingerprint density at radius 1 is 0.667 bits per heavy atom. The molecule has 0 unspecified atom stereocenters. The standard InChI is InChI=1S/C19H19N2.C15H14N5.Ir/c1-19(2,3)16-8-7-11-18(14-16)21-13-12-20(15-21)17-9-5-4-6-10-17;1-17-3-5-19(11-17)14-7-13(10-16)8-15(9-14)20-6-4-18(2)12-20;/h4-9,12-15H,1-3H3;3-8,11-12H,1-2H3;/q2*-3;. The first-order chi connectivity index (χ1) is 19.7. The number of nitrogens with zero attached hydrogens (tertiary/aromatic N) is 7. The molecule has 0 amide bonds. The molecule has 0 aliphatic carbocycles. The number of hydrogen-bond donors (Lipinski definition) is 0. The molecule has 0 N–H and O–H groups in total. The summed E-state index contributed by atoms with van der Waals surface area (Å²) < 4.78 is 0. The number of benzene rings is 3. The minimum Gasteiger partial charge on any atom is -0.510 e. The van der Waals surface area contributed by atoms with Crippen LogP contribution in [0.3, 0.4) is 0 Å². The van der Waals surface area contributed by atoms with Crippen LogP contribution in [0, 0.1) is 49.5 Å². The van der Waals surface area contributed by atoms with Gasteiger partial charge in [-0.05, 0) is 56.7 Å². The molecule has 7 nitrogen and oxygen atoms in total. The van der Waals surface area contributed by atoms with Crippen LogP contribution in [-0.4, -0.2) is 23.9 Å². The molecule has 42 heavy (non-hydrogen) atoms. The third kappa shape index (κ3) is 7.36. The molecule has 219 valence electrons. The van der Waals surface area contributed by atoms with Crippen molar-refractivity contribution in [3.63, 3.8) is 0 Å². The zero-order valence-electron chi connectivity index (χ0n) is 24.4. The maximum absolute atomic E-state index is 9.20. The van der Waals surface area contributed by atoms with E-state index in [2.05, 4.69) is 67.0 Å². The van der Waals surface area contributed by atoms with Crippen LogP contribution in [0.1, 0.15) is 31.9 Å². The van der Waals surface area contributed by atoms with Crippen molar-refractivity contribution in [2.75, 3.05) is 33.7 Å². The van der Waals surface area contributed by atoms with Gasteiger partial charge < -0.3 is 29.4 Å². The molecule has 8 heteroatoms. The van der Waals surface area contributed by atoms with Crippen LogP contribution in [0.2, 0.25) is 0 Å². The van der Waals surface area contributed by atoms with Gasteiger partial charge in [-0.2, -0.15) is 72.7 Å². The molecule has 3 aromatic carbocycles. The molecule has 0 aromatic heterocycles. The third-order valence-corrected chi connectivity index (χ3v) is 6.60. The minimum absolute atomic E-state index is 0. The first-order valence-electron chi connectivity index (χ1n) is 13.3. The van der Waals surface area contributed by atoms with E-state index in [1.807, 2.05) is 133 Å². The van der Waals surface area contributed by atoms with Gasteiger partial charge in [-0.1, -0.05) is 26.3 Å². The Kier molecular flexibility index (Phi) is 9.67. The summed E-state index contributed by atoms with van der Waals surface area (Å²) in [5, 5.41) is 9.20. The molecule has 0 fully saturated rings. The number of rotatable bonds is 4. The summed E-state index contributed by atoms with van der Waals surface area (Å²) in [4.78, 5) is 11.9. The Bertz CT molecular complexity index is 1440. The van der Waals surface area contributed by atoms with Crippen molar-refractivity contribution in [3.8, 4) is 6.07 Å². The molecule has 1 radical (unpaired) electrons. The van der Waals surface area contributed by atoms with E-state index in [-0.39, 0.29) is 25.5 Å². The zero-order valence-corrected chi connectivity index (χ0v) is 26.8. The zero-order chi connectivity index (χ0) is 29.0. The van der Waals surface area contributed by atoms with Gasteiger partial charge in [-0.25, -0.2) is 0 Å². The molecule has 6 rings (SSSR count). The summed E-state index contributed by atoms with van der Waals surface area (Å²) in [5.74, 6) is 0. The van der Waals surface area contributed by atoms with E-state index in [4.69, 9.17) is 0 Å². The Morgan fingerprint density at radius 3 is 1.71 bits per heavy atom. The second-order valence-corrected chi connectivity index (χ2v) is 10.9. The van der Waals surface area contributed by atoms with Crippen molar-refractivity contribution in [1.82, 2.24) is 9.80 Å². The summed E-state index contributed by atoms with van der Waals surface area (Å²) in [5.41, 5.74) is 5.83. The maximum Gasteiger partial charge on any atom is 0.0726 e. The largest absolute Gasteiger partial charge is 0.510 e. The van der Waals surface area contributed by atoms with E-state index >= 15 is 0 Å². The van der Waals surface area contributed by atoms with E-state index in [9.17, 15) is 5.26 Å². The Hall–Kier alpha value is -4.18. The average molecular weight is 732 g/mol. The quantitative estimate of drug-likeness (QED) is 0.283. The Balaban J connectivity index is 0.000000189. The molecule has 3 aliphatic rings. The second kappa shape index (κ2) is 13.2. The fraction of sp³-hybridized carbons (Fsp3) is 0.176. The van der Waals surface area contributed by atoms with Crippen molar-refractivity contribution < 1.29 is 20.1 Å². The van der Waals surface area contributed by atoms with E-state index in [1.165, 1.54) is 5.56 Å². The van der Waals surface area contributed by atoms with Gasteiger partial charge in [-0.15, -0.1) is 53.7 Å². The van der Waals surface area contributed by atoms with E-state index in [1.54, 1.807) is 0 Å². The third-order valence-electron chi connectivity index (χ3n) is 6.60. The smallest absolute Gasteiger partial charge is 0.0726 e. The van der Waals surface area contributed by atoms with Crippen molar-refractivity contribution in [2.45, 2.75) is 26.2 Å². The van der Waals surface area contributed by atoms with Crippen molar-refractivity contribution >= 4 is 22.7 Å². The van der Waals surface area contributed by atoms with Crippen LogP contribution in [-0.2, 0) is 25.5 Å². The number of nitriles is 1. The molecule has 0 atom stereocenters. The van der Waals surface area contributed by atoms with Gasteiger partial charge in [0.2, 0.25) is 0 Å². The molecule has 0 spiro atoms. The molecular formula is C34H33IrN7-6. The van der Waals surface area contributed by atoms with Crippen LogP contribution in [0.4, 0.5) is 22.7 Å². The van der Waals surface area contributed by atoms with Gasteiger partial charge in [0.15, 0.2) is 0 Å². The molecule has 0 bridgehead atoms. The molecule has 3 aliphatic heterocycles. The fourth-order valence-electron chi connectivity index (χ4n) is 4.32. The predicted molar refractivity (Wildman–Crippen MR) is 165 cm³/mol. The van der Waals surface area contributed by atoms with Crippen molar-refractivity contribution in [3.05, 3.63) is 141 Å². The van der Waals surface area contributed by atoms with Crippen molar-refractivity contribution in [2.24, 2.45) is 0 Å². The molecule has 0 saturated carbocycles. The summed E-state index contributed by atoms with van der Waals surface area (Å²) >= 11 is 0. The minimum atomic E-state index is 0. The number of para-hydroxylation sites is 1. The van der Waals surface area contributed by atoms with Gasteiger partial charge >= 0.3 is 0 Å². The Morgan fingerprint density at radius 2 is 1.21 bits per heavy atom. The normalized spacial score (nSPS) is 15.6. The van der Waals surface area contributed by atoms with Crippen LogP contribution in [0.5, 0.6) is 0 Å². The van der Waals surface area contributed by atoms with Gasteiger partial charge in [0.25, 0.3) is 0 Å². The summed E-state index contributed by atoms with van der Waals surface area (Å²) in [7, 11) is 3.91. The summed E-state index contributed by atoms with van der Waals surface area (Å²) in [6, 6.07) is 30.0. The molecular weight excluding hydrogens is 699 g/mol. The first-order valence-corrected chi connectivity index (χ1v) is 13.3. The van der Waals surface area contributed by atoms with E-state index in [0.29, 0.717) is 5.56 Å². The second-order valence-electron chi connectivity index (χ2n) is 10.9. The molecule has 0 saturated heterocycles. The van der Waals surface area contributed by atoms with Gasteiger partial charge in [0, 0.05) is 20.1 Å². The summed E-state index contributed by atoms with van der Waals surface area (Å²) in [6.07, 6.45) is 11.8. The van der Waals surface area contributed by atoms with Crippen molar-refractivity contribution in [1.29, 1.82) is 5.26 Å².